The van der Waals surface area contributed by atoms with Gasteiger partial charge in [-0.2, -0.15) is 0 Å². The molecule has 2 N–H and O–H groups in total. The minimum Gasteiger partial charge on any atom is -0.338 e. The first-order valence-corrected chi connectivity index (χ1v) is 9.18. The summed E-state index contributed by atoms with van der Waals surface area (Å²) in [6.45, 7) is 8.72. The number of rotatable bonds is 6. The molecular weight excluding hydrogens is 330 g/mol. The first-order valence-electron chi connectivity index (χ1n) is 9.18. The summed E-state index contributed by atoms with van der Waals surface area (Å²) in [6, 6.07) is 7.48. The van der Waals surface area contributed by atoms with Gasteiger partial charge in [-0.25, -0.2) is 4.79 Å². The number of piperazine rings is 1. The van der Waals surface area contributed by atoms with Gasteiger partial charge in [-0.1, -0.05) is 6.07 Å². The summed E-state index contributed by atoms with van der Waals surface area (Å²) in [6.07, 6.45) is 0.921. The van der Waals surface area contributed by atoms with Gasteiger partial charge in [-0.15, -0.1) is 0 Å². The second kappa shape index (κ2) is 9.54. The number of carbonyl (C=O) groups is 2. The van der Waals surface area contributed by atoms with Crippen molar-refractivity contribution in [3.05, 3.63) is 24.3 Å². The zero-order valence-electron chi connectivity index (χ0n) is 16.3. The van der Waals surface area contributed by atoms with Gasteiger partial charge in [0, 0.05) is 64.1 Å². The molecule has 144 valence electrons. The van der Waals surface area contributed by atoms with Crippen molar-refractivity contribution in [2.24, 2.45) is 0 Å². The minimum absolute atomic E-state index is 0.0514. The van der Waals surface area contributed by atoms with Crippen LogP contribution in [0.15, 0.2) is 24.3 Å². The molecule has 7 heteroatoms. The average Bonchev–Trinajstić information content (AvgIpc) is 2.61. The number of likely N-dealkylation sites (N-methyl/N-ethyl adjacent to an activating group) is 1. The van der Waals surface area contributed by atoms with E-state index >= 15 is 0 Å². The van der Waals surface area contributed by atoms with Crippen molar-refractivity contribution in [1.29, 1.82) is 0 Å². The summed E-state index contributed by atoms with van der Waals surface area (Å²) in [5.41, 5.74) is 1.42. The summed E-state index contributed by atoms with van der Waals surface area (Å²) in [7, 11) is 3.86. The molecule has 0 saturated carbocycles. The van der Waals surface area contributed by atoms with Gasteiger partial charge in [-0.3, -0.25) is 9.69 Å². The Morgan fingerprint density at radius 1 is 1.23 bits per heavy atom. The number of urea groups is 1. The highest BCUT2D eigenvalue weighted by Gasteiger charge is 2.18. The maximum atomic E-state index is 12.1. The van der Waals surface area contributed by atoms with E-state index in [-0.39, 0.29) is 11.9 Å². The molecule has 3 amide bonds. The molecule has 7 nitrogen and oxygen atoms in total. The van der Waals surface area contributed by atoms with E-state index < -0.39 is 0 Å². The van der Waals surface area contributed by atoms with Gasteiger partial charge in [0.1, 0.15) is 0 Å². The van der Waals surface area contributed by atoms with Crippen LogP contribution in [0.5, 0.6) is 0 Å². The quantitative estimate of drug-likeness (QED) is 0.811. The van der Waals surface area contributed by atoms with Crippen LogP contribution in [0.2, 0.25) is 0 Å². The number of hydrogen-bond donors (Lipinski definition) is 2. The summed E-state index contributed by atoms with van der Waals surface area (Å²) < 4.78 is 0. The lowest BCUT2D eigenvalue weighted by molar-refractivity contribution is -0.116. The van der Waals surface area contributed by atoms with Crippen molar-refractivity contribution in [1.82, 2.24) is 15.1 Å². The van der Waals surface area contributed by atoms with Gasteiger partial charge in [0.15, 0.2) is 0 Å². The van der Waals surface area contributed by atoms with E-state index in [0.29, 0.717) is 18.3 Å². The van der Waals surface area contributed by atoms with E-state index in [4.69, 9.17) is 0 Å². The van der Waals surface area contributed by atoms with Crippen molar-refractivity contribution < 1.29 is 9.59 Å². The van der Waals surface area contributed by atoms with Crippen LogP contribution in [0.1, 0.15) is 20.3 Å². The fourth-order valence-corrected chi connectivity index (χ4v) is 2.99. The molecular formula is C19H31N5O2. The third-order valence-electron chi connectivity index (χ3n) is 4.97. The SMILES string of the molecule is CC(=O)N(C)c1cccc(NC(=O)NCC[C@@H](C)N2CCN(C)CC2)c1. The van der Waals surface area contributed by atoms with E-state index in [1.165, 1.54) is 6.92 Å². The van der Waals surface area contributed by atoms with Gasteiger partial charge in [0.25, 0.3) is 0 Å². The Labute approximate surface area is 156 Å². The maximum absolute atomic E-state index is 12.1. The zero-order chi connectivity index (χ0) is 19.1. The van der Waals surface area contributed by atoms with E-state index in [1.807, 2.05) is 18.2 Å². The van der Waals surface area contributed by atoms with E-state index in [1.54, 1.807) is 18.0 Å². The molecule has 0 bridgehead atoms. The number of nitrogens with zero attached hydrogens (tertiary/aromatic N) is 3. The fourth-order valence-electron chi connectivity index (χ4n) is 2.99. The summed E-state index contributed by atoms with van der Waals surface area (Å²) in [5.74, 6) is -0.0514. The summed E-state index contributed by atoms with van der Waals surface area (Å²) >= 11 is 0. The molecule has 1 aliphatic rings. The predicted molar refractivity (Wildman–Crippen MR) is 106 cm³/mol. The van der Waals surface area contributed by atoms with Crippen LogP contribution in [0.25, 0.3) is 0 Å². The van der Waals surface area contributed by atoms with E-state index in [2.05, 4.69) is 34.4 Å². The second-order valence-electron chi connectivity index (χ2n) is 6.99. The fraction of sp³-hybridized carbons (Fsp3) is 0.579. The van der Waals surface area contributed by atoms with Crippen LogP contribution in [-0.2, 0) is 4.79 Å². The molecule has 2 rings (SSSR count). The van der Waals surface area contributed by atoms with Crippen LogP contribution in [-0.4, -0.2) is 74.6 Å². The van der Waals surface area contributed by atoms with Crippen molar-refractivity contribution in [3.63, 3.8) is 0 Å². The third kappa shape index (κ3) is 6.00. The molecule has 26 heavy (non-hydrogen) atoms. The lowest BCUT2D eigenvalue weighted by Crippen LogP contribution is -2.48. The van der Waals surface area contributed by atoms with Crippen molar-refractivity contribution >= 4 is 23.3 Å². The van der Waals surface area contributed by atoms with E-state index in [0.717, 1.165) is 38.3 Å². The summed E-state index contributed by atoms with van der Waals surface area (Å²) in [4.78, 5) is 29.9. The Balaban J connectivity index is 1.75. The smallest absolute Gasteiger partial charge is 0.319 e. The van der Waals surface area contributed by atoms with Crippen molar-refractivity contribution in [3.8, 4) is 0 Å². The zero-order valence-corrected chi connectivity index (χ0v) is 16.3. The monoisotopic (exact) mass is 361 g/mol. The topological polar surface area (TPSA) is 67.9 Å². The molecule has 0 radical (unpaired) electrons. The lowest BCUT2D eigenvalue weighted by atomic mass is 10.1. The highest BCUT2D eigenvalue weighted by atomic mass is 16.2. The highest BCUT2D eigenvalue weighted by Crippen LogP contribution is 2.18. The molecule has 1 aliphatic heterocycles. The minimum atomic E-state index is -0.224. The molecule has 1 atom stereocenters. The second-order valence-corrected chi connectivity index (χ2v) is 6.99. The largest absolute Gasteiger partial charge is 0.338 e. The van der Waals surface area contributed by atoms with Crippen LogP contribution in [0, 0.1) is 0 Å². The Morgan fingerprint density at radius 2 is 1.92 bits per heavy atom. The Kier molecular flexibility index (Phi) is 7.41. The number of carbonyl (C=O) groups excluding carboxylic acids is 2. The van der Waals surface area contributed by atoms with E-state index in [9.17, 15) is 9.59 Å². The van der Waals surface area contributed by atoms with Crippen LogP contribution in [0.3, 0.4) is 0 Å². The molecule has 0 spiro atoms. The lowest BCUT2D eigenvalue weighted by Gasteiger charge is -2.36. The van der Waals surface area contributed by atoms with Crippen molar-refractivity contribution in [2.45, 2.75) is 26.3 Å². The van der Waals surface area contributed by atoms with Gasteiger partial charge in [-0.05, 0) is 38.6 Å². The molecule has 0 aromatic heterocycles. The predicted octanol–water partition coefficient (Wildman–Crippen LogP) is 1.82. The summed E-state index contributed by atoms with van der Waals surface area (Å²) in [5, 5.41) is 5.74. The normalized spacial score (nSPS) is 16.8. The van der Waals surface area contributed by atoms with Crippen LogP contribution in [0.4, 0.5) is 16.2 Å². The van der Waals surface area contributed by atoms with Gasteiger partial charge < -0.3 is 20.4 Å². The number of anilines is 2. The van der Waals surface area contributed by atoms with Crippen LogP contribution >= 0.6 is 0 Å². The number of benzene rings is 1. The Bertz CT molecular complexity index is 614. The first-order chi connectivity index (χ1) is 12.4. The highest BCUT2D eigenvalue weighted by molar-refractivity contribution is 5.93. The Morgan fingerprint density at radius 3 is 2.58 bits per heavy atom. The maximum Gasteiger partial charge on any atom is 0.319 e. The average molecular weight is 361 g/mol. The van der Waals surface area contributed by atoms with Crippen LogP contribution < -0.4 is 15.5 Å². The number of hydrogen-bond acceptors (Lipinski definition) is 4. The third-order valence-corrected chi connectivity index (χ3v) is 4.97. The van der Waals surface area contributed by atoms with Gasteiger partial charge in [0.05, 0.1) is 0 Å². The van der Waals surface area contributed by atoms with Gasteiger partial charge >= 0.3 is 6.03 Å². The van der Waals surface area contributed by atoms with Gasteiger partial charge in [0.2, 0.25) is 5.91 Å². The Hall–Kier alpha value is -2.12. The number of amides is 3. The first kappa shape index (κ1) is 20.2. The number of nitrogens with one attached hydrogen (secondary N) is 2. The molecule has 1 fully saturated rings. The van der Waals surface area contributed by atoms with Crippen molar-refractivity contribution in [2.75, 3.05) is 57.0 Å². The molecule has 1 aromatic rings. The standard InChI is InChI=1S/C19H31N5O2/c1-15(24-12-10-22(3)11-13-24)8-9-20-19(26)21-17-6-5-7-18(14-17)23(4)16(2)25/h5-7,14-15H,8-13H2,1-4H3,(H2,20,21,26)/t15-/m1/s1. The molecule has 1 heterocycles. The molecule has 1 aromatic carbocycles. The molecule has 1 saturated heterocycles. The molecule has 0 aliphatic carbocycles. The molecule has 0 unspecified atom stereocenters.